The van der Waals surface area contributed by atoms with Gasteiger partial charge in [0.1, 0.15) is 5.25 Å². The van der Waals surface area contributed by atoms with Crippen LogP contribution in [0.2, 0.25) is 0 Å². The van der Waals surface area contributed by atoms with Crippen molar-refractivity contribution in [3.05, 3.63) is 51.7 Å². The molecule has 1 aromatic carbocycles. The van der Waals surface area contributed by atoms with E-state index in [4.69, 9.17) is 0 Å². The highest BCUT2D eigenvalue weighted by Gasteiger charge is 2.31. The van der Waals surface area contributed by atoms with Crippen molar-refractivity contribution in [1.29, 1.82) is 0 Å². The number of sulfone groups is 1. The van der Waals surface area contributed by atoms with Crippen LogP contribution >= 0.6 is 11.3 Å². The first-order chi connectivity index (χ1) is 11.7. The van der Waals surface area contributed by atoms with Gasteiger partial charge in [-0.25, -0.2) is 8.42 Å². The summed E-state index contributed by atoms with van der Waals surface area (Å²) in [6.45, 7) is 7.69. The Balaban J connectivity index is 2.35. The summed E-state index contributed by atoms with van der Waals surface area (Å²) < 4.78 is 26.6. The number of rotatable bonds is 7. The Morgan fingerprint density at radius 3 is 2.52 bits per heavy atom. The van der Waals surface area contributed by atoms with Crippen LogP contribution in [0.4, 0.5) is 0 Å². The lowest BCUT2D eigenvalue weighted by Gasteiger charge is -2.19. The molecule has 0 saturated heterocycles. The van der Waals surface area contributed by atoms with E-state index in [-0.39, 0.29) is 18.4 Å². The highest BCUT2D eigenvalue weighted by atomic mass is 32.2. The molecular formula is C19H25NO3S2. The van der Waals surface area contributed by atoms with E-state index in [1.807, 2.05) is 50.4 Å². The minimum Gasteiger partial charge on any atom is -0.354 e. The maximum atomic E-state index is 13.3. The molecule has 0 aliphatic rings. The van der Waals surface area contributed by atoms with Crippen molar-refractivity contribution < 1.29 is 13.2 Å². The minimum atomic E-state index is -3.61. The molecule has 2 aromatic rings. The predicted molar refractivity (Wildman–Crippen MR) is 103 cm³/mol. The molecule has 0 unspecified atom stereocenters. The average molecular weight is 380 g/mol. The van der Waals surface area contributed by atoms with E-state index in [9.17, 15) is 13.2 Å². The van der Waals surface area contributed by atoms with Gasteiger partial charge >= 0.3 is 0 Å². The Hall–Kier alpha value is -1.66. The van der Waals surface area contributed by atoms with Gasteiger partial charge in [0.25, 0.3) is 0 Å². The van der Waals surface area contributed by atoms with E-state index >= 15 is 0 Å². The van der Waals surface area contributed by atoms with Gasteiger partial charge in [0.05, 0.1) is 4.90 Å². The first-order valence-corrected chi connectivity index (χ1v) is 10.8. The van der Waals surface area contributed by atoms with Crippen LogP contribution < -0.4 is 5.32 Å². The maximum absolute atomic E-state index is 13.3. The van der Waals surface area contributed by atoms with Gasteiger partial charge in [-0.3, -0.25) is 4.79 Å². The molecule has 0 aliphatic heterocycles. The first-order valence-electron chi connectivity index (χ1n) is 8.33. The second-order valence-corrected chi connectivity index (χ2v) is 9.80. The summed E-state index contributed by atoms with van der Waals surface area (Å²) in [5.41, 5.74) is 1.62. The van der Waals surface area contributed by atoms with Crippen LogP contribution in [0.3, 0.4) is 0 Å². The van der Waals surface area contributed by atoms with Gasteiger partial charge in [0.15, 0.2) is 9.84 Å². The molecule has 1 amide bonds. The van der Waals surface area contributed by atoms with Gasteiger partial charge < -0.3 is 5.32 Å². The summed E-state index contributed by atoms with van der Waals surface area (Å²) in [6.07, 6.45) is 0.390. The van der Waals surface area contributed by atoms with Gasteiger partial charge in [0, 0.05) is 17.8 Å². The first kappa shape index (κ1) is 19.7. The summed E-state index contributed by atoms with van der Waals surface area (Å²) in [4.78, 5) is 13.1. The molecule has 0 radical (unpaired) electrons. The molecule has 25 heavy (non-hydrogen) atoms. The lowest BCUT2D eigenvalue weighted by Crippen LogP contribution is -2.32. The third-order valence-corrected chi connectivity index (χ3v) is 7.32. The number of thiophene rings is 1. The van der Waals surface area contributed by atoms with Crippen LogP contribution in [-0.2, 0) is 14.6 Å². The Bertz CT molecular complexity index is 824. The molecule has 0 saturated carbocycles. The van der Waals surface area contributed by atoms with Crippen LogP contribution in [0.25, 0.3) is 0 Å². The van der Waals surface area contributed by atoms with Crippen LogP contribution in [0.5, 0.6) is 0 Å². The topological polar surface area (TPSA) is 63.2 Å². The molecule has 4 nitrogen and oxygen atoms in total. The third-order valence-electron chi connectivity index (χ3n) is 3.96. The molecule has 1 N–H and O–H groups in total. The van der Waals surface area contributed by atoms with Gasteiger partial charge in [-0.2, -0.15) is 0 Å². The van der Waals surface area contributed by atoms with E-state index < -0.39 is 15.1 Å². The Labute approximate surface area is 154 Å². The smallest absolute Gasteiger partial charge is 0.220 e. The van der Waals surface area contributed by atoms with Gasteiger partial charge in [-0.1, -0.05) is 32.0 Å². The number of nitrogens with one attached hydrogen (secondary N) is 1. The Morgan fingerprint density at radius 2 is 1.92 bits per heavy atom. The van der Waals surface area contributed by atoms with E-state index in [1.54, 1.807) is 13.0 Å². The molecule has 1 atom stereocenters. The number of hydrogen-bond acceptors (Lipinski definition) is 4. The minimum absolute atomic E-state index is 0.0851. The molecule has 2 rings (SSSR count). The van der Waals surface area contributed by atoms with Crippen LogP contribution in [-0.4, -0.2) is 20.9 Å². The molecule has 1 aromatic heterocycles. The number of amides is 1. The fourth-order valence-corrected chi connectivity index (χ4v) is 5.77. The van der Waals surface area contributed by atoms with Crippen molar-refractivity contribution in [1.82, 2.24) is 5.32 Å². The summed E-state index contributed by atoms with van der Waals surface area (Å²) in [5, 5.41) is 3.88. The van der Waals surface area contributed by atoms with Gasteiger partial charge in [0.2, 0.25) is 5.91 Å². The van der Waals surface area contributed by atoms with Crippen LogP contribution in [0.15, 0.2) is 40.6 Å². The SMILES string of the molecule is Cc1ccc(C)c(S(=O)(=O)[C@@H](CNC(=O)CC(C)C)c2cccs2)c1. The lowest BCUT2D eigenvalue weighted by atomic mass is 10.1. The number of carbonyl (C=O) groups excluding carboxylic acids is 1. The van der Waals surface area contributed by atoms with E-state index in [0.717, 1.165) is 16.0 Å². The quantitative estimate of drug-likeness (QED) is 0.789. The zero-order valence-electron chi connectivity index (χ0n) is 15.1. The zero-order valence-corrected chi connectivity index (χ0v) is 16.7. The monoisotopic (exact) mass is 379 g/mol. The summed E-state index contributed by atoms with van der Waals surface area (Å²) in [6, 6.07) is 9.08. The highest BCUT2D eigenvalue weighted by Crippen LogP contribution is 2.33. The molecule has 0 fully saturated rings. The van der Waals surface area contributed by atoms with Crippen molar-refractivity contribution in [2.24, 2.45) is 5.92 Å². The van der Waals surface area contributed by atoms with E-state index in [1.165, 1.54) is 11.3 Å². The fourth-order valence-electron chi connectivity index (χ4n) is 2.65. The fraction of sp³-hybridized carbons (Fsp3) is 0.421. The second kappa shape index (κ2) is 8.15. The molecule has 136 valence electrons. The molecular weight excluding hydrogens is 354 g/mol. The number of aryl methyl sites for hydroxylation is 2. The highest BCUT2D eigenvalue weighted by molar-refractivity contribution is 7.92. The standard InChI is InChI=1S/C19H25NO3S2/c1-13(2)10-19(21)20-12-18(16-6-5-9-24-16)25(22,23)17-11-14(3)7-8-15(17)4/h5-9,11,13,18H,10,12H2,1-4H3,(H,20,21)/t18-/m0/s1. The largest absolute Gasteiger partial charge is 0.354 e. The van der Waals surface area contributed by atoms with Crippen LogP contribution in [0, 0.1) is 19.8 Å². The van der Waals surface area contributed by atoms with Gasteiger partial charge in [-0.15, -0.1) is 11.3 Å². The molecule has 1 heterocycles. The van der Waals surface area contributed by atoms with Crippen molar-refractivity contribution >= 4 is 27.1 Å². The molecule has 0 aliphatic carbocycles. The molecule has 6 heteroatoms. The predicted octanol–water partition coefficient (Wildman–Crippen LogP) is 4.04. The third kappa shape index (κ3) is 4.92. The maximum Gasteiger partial charge on any atom is 0.220 e. The Kier molecular flexibility index (Phi) is 6.41. The summed E-state index contributed by atoms with van der Waals surface area (Å²) >= 11 is 1.40. The van der Waals surface area contributed by atoms with Crippen molar-refractivity contribution in [3.63, 3.8) is 0 Å². The summed E-state index contributed by atoms with van der Waals surface area (Å²) in [5.74, 6) is 0.114. The lowest BCUT2D eigenvalue weighted by molar-refractivity contribution is -0.121. The normalized spacial score (nSPS) is 13.0. The van der Waals surface area contributed by atoms with E-state index in [2.05, 4.69) is 5.32 Å². The average Bonchev–Trinajstić information content (AvgIpc) is 3.02. The zero-order chi connectivity index (χ0) is 18.6. The van der Waals surface area contributed by atoms with Crippen molar-refractivity contribution in [2.45, 2.75) is 44.3 Å². The molecule has 0 bridgehead atoms. The number of hydrogen-bond donors (Lipinski definition) is 1. The van der Waals surface area contributed by atoms with Crippen LogP contribution in [0.1, 0.15) is 41.5 Å². The van der Waals surface area contributed by atoms with Gasteiger partial charge in [-0.05, 0) is 48.4 Å². The second-order valence-electron chi connectivity index (χ2n) is 6.72. The van der Waals surface area contributed by atoms with E-state index in [0.29, 0.717) is 11.3 Å². The van der Waals surface area contributed by atoms with Crippen molar-refractivity contribution in [3.8, 4) is 0 Å². The number of carbonyl (C=O) groups is 1. The number of benzene rings is 1. The molecule has 0 spiro atoms. The Morgan fingerprint density at radius 1 is 1.20 bits per heavy atom. The summed E-state index contributed by atoms with van der Waals surface area (Å²) in [7, 11) is -3.61. The van der Waals surface area contributed by atoms with Crippen molar-refractivity contribution in [2.75, 3.05) is 6.54 Å².